The lowest BCUT2D eigenvalue weighted by atomic mass is 10.2. The zero-order chi connectivity index (χ0) is 14.7. The van der Waals surface area contributed by atoms with Crippen molar-refractivity contribution in [2.75, 3.05) is 17.6 Å². The number of anilines is 1. The second kappa shape index (κ2) is 6.62. The predicted molar refractivity (Wildman–Crippen MR) is 90.2 cm³/mol. The van der Waals surface area contributed by atoms with Gasteiger partial charge in [-0.05, 0) is 23.8 Å². The lowest BCUT2D eigenvalue weighted by Crippen LogP contribution is -2.09. The number of thiophene rings is 1. The number of nitrogens with zero attached hydrogens (tertiary/aromatic N) is 1. The third-order valence-corrected chi connectivity index (χ3v) is 5.96. The van der Waals surface area contributed by atoms with Gasteiger partial charge in [0.2, 0.25) is 0 Å². The van der Waals surface area contributed by atoms with Crippen LogP contribution in [0.4, 0.5) is 5.13 Å². The van der Waals surface area contributed by atoms with E-state index in [2.05, 4.69) is 22.1 Å². The van der Waals surface area contributed by atoms with E-state index in [1.54, 1.807) is 17.5 Å². The van der Waals surface area contributed by atoms with E-state index < -0.39 is 0 Å². The van der Waals surface area contributed by atoms with Crippen molar-refractivity contribution in [1.29, 1.82) is 0 Å². The van der Waals surface area contributed by atoms with Crippen LogP contribution in [0.1, 0.15) is 25.0 Å². The number of aryl methyl sites for hydroxylation is 1. The summed E-state index contributed by atoms with van der Waals surface area (Å²) in [5, 5.41) is 3.41. The van der Waals surface area contributed by atoms with Crippen molar-refractivity contribution in [2.45, 2.75) is 12.2 Å². The molecule has 3 heterocycles. The monoisotopic (exact) mass is 335 g/mol. The molecule has 2 aromatic rings. The molecule has 108 valence electrons. The van der Waals surface area contributed by atoms with Crippen LogP contribution in [0.15, 0.2) is 12.3 Å². The highest BCUT2D eigenvalue weighted by molar-refractivity contribution is 7.98. The number of hydrogen-bond donors (Lipinski definition) is 2. The van der Waals surface area contributed by atoms with E-state index in [4.69, 9.17) is 5.73 Å². The van der Waals surface area contributed by atoms with Crippen molar-refractivity contribution >= 4 is 45.5 Å². The van der Waals surface area contributed by atoms with Crippen LogP contribution in [-0.4, -0.2) is 23.2 Å². The van der Waals surface area contributed by atoms with Crippen molar-refractivity contribution in [3.8, 4) is 11.8 Å². The lowest BCUT2D eigenvalue weighted by molar-refractivity contribution is 0.103. The first-order valence-corrected chi connectivity index (χ1v) is 9.20. The van der Waals surface area contributed by atoms with Crippen LogP contribution in [0, 0.1) is 11.8 Å². The summed E-state index contributed by atoms with van der Waals surface area (Å²) in [5.41, 5.74) is 6.63. The molecule has 1 aliphatic heterocycles. The number of thiazole rings is 1. The van der Waals surface area contributed by atoms with E-state index in [0.29, 0.717) is 11.7 Å². The lowest BCUT2D eigenvalue weighted by Gasteiger charge is -2.08. The molecule has 0 fully saturated rings. The van der Waals surface area contributed by atoms with E-state index in [0.717, 1.165) is 27.7 Å². The van der Waals surface area contributed by atoms with E-state index >= 15 is 0 Å². The van der Waals surface area contributed by atoms with E-state index in [-0.39, 0.29) is 5.91 Å². The molecule has 0 spiro atoms. The molecule has 0 saturated heterocycles. The van der Waals surface area contributed by atoms with Crippen LogP contribution in [0.5, 0.6) is 0 Å². The zero-order valence-corrected chi connectivity index (χ0v) is 13.6. The second-order valence-corrected chi connectivity index (χ2v) is 7.62. The number of hydrogen-bond acceptors (Lipinski definition) is 6. The van der Waals surface area contributed by atoms with Gasteiger partial charge in [-0.2, -0.15) is 11.8 Å². The van der Waals surface area contributed by atoms with Crippen molar-refractivity contribution in [3.05, 3.63) is 32.5 Å². The Morgan fingerprint density at radius 3 is 3.19 bits per heavy atom. The molecule has 0 saturated carbocycles. The largest absolute Gasteiger partial charge is 0.320 e. The van der Waals surface area contributed by atoms with Gasteiger partial charge in [0, 0.05) is 10.6 Å². The van der Waals surface area contributed by atoms with Crippen LogP contribution in [0.2, 0.25) is 0 Å². The summed E-state index contributed by atoms with van der Waals surface area (Å²) in [6.07, 6.45) is 2.72. The molecule has 21 heavy (non-hydrogen) atoms. The van der Waals surface area contributed by atoms with Gasteiger partial charge in [0.05, 0.1) is 22.5 Å². The number of thioether (sulfide) groups is 1. The SMILES string of the molecule is NCC#Cc1cnc(NC(=O)c2cc3c(s2)CCSC3)s1. The molecule has 0 aromatic carbocycles. The summed E-state index contributed by atoms with van der Waals surface area (Å²) in [6.45, 7) is 0.318. The van der Waals surface area contributed by atoms with Gasteiger partial charge < -0.3 is 5.73 Å². The van der Waals surface area contributed by atoms with Crippen LogP contribution in [-0.2, 0) is 12.2 Å². The number of carbonyl (C=O) groups is 1. The maximum atomic E-state index is 12.3. The molecule has 4 nitrogen and oxygen atoms in total. The molecule has 0 atom stereocenters. The Bertz CT molecular complexity index is 700. The fourth-order valence-corrected chi connectivity index (χ4v) is 4.90. The standard InChI is InChI=1S/C14H13N3OS3/c15-4-1-2-10-7-16-14(20-10)17-13(18)12-6-9-8-19-5-3-11(9)21-12/h6-7H,3-5,8,15H2,(H,16,17,18). The second-order valence-electron chi connectivity index (χ2n) is 4.35. The Kier molecular flexibility index (Phi) is 4.60. The van der Waals surface area contributed by atoms with Gasteiger partial charge in [0.15, 0.2) is 5.13 Å². The first-order chi connectivity index (χ1) is 10.3. The Balaban J connectivity index is 1.71. The van der Waals surface area contributed by atoms with E-state index in [9.17, 15) is 4.79 Å². The summed E-state index contributed by atoms with van der Waals surface area (Å²) in [4.78, 5) is 19.3. The summed E-state index contributed by atoms with van der Waals surface area (Å²) in [5.74, 6) is 7.74. The van der Waals surface area contributed by atoms with Gasteiger partial charge in [0.25, 0.3) is 5.91 Å². The van der Waals surface area contributed by atoms with Crippen molar-refractivity contribution in [2.24, 2.45) is 5.73 Å². The van der Waals surface area contributed by atoms with Gasteiger partial charge in [-0.25, -0.2) is 4.98 Å². The molecule has 3 rings (SSSR count). The zero-order valence-electron chi connectivity index (χ0n) is 11.1. The van der Waals surface area contributed by atoms with Gasteiger partial charge in [-0.3, -0.25) is 10.1 Å². The first-order valence-electron chi connectivity index (χ1n) is 6.41. The van der Waals surface area contributed by atoms with Gasteiger partial charge in [-0.1, -0.05) is 23.2 Å². The highest BCUT2D eigenvalue weighted by atomic mass is 32.2. The number of fused-ring (bicyclic) bond motifs is 1. The van der Waals surface area contributed by atoms with Crippen LogP contribution >= 0.6 is 34.4 Å². The van der Waals surface area contributed by atoms with Crippen LogP contribution < -0.4 is 11.1 Å². The average molecular weight is 335 g/mol. The highest BCUT2D eigenvalue weighted by Crippen LogP contribution is 2.32. The number of aromatic nitrogens is 1. The van der Waals surface area contributed by atoms with E-state index in [1.807, 2.05) is 17.8 Å². The third kappa shape index (κ3) is 3.47. The highest BCUT2D eigenvalue weighted by Gasteiger charge is 2.18. The number of rotatable bonds is 2. The quantitative estimate of drug-likeness (QED) is 0.828. The molecule has 3 N–H and O–H groups in total. The molecule has 7 heteroatoms. The minimum atomic E-state index is -0.0907. The van der Waals surface area contributed by atoms with Gasteiger partial charge in [-0.15, -0.1) is 11.3 Å². The van der Waals surface area contributed by atoms with Crippen LogP contribution in [0.25, 0.3) is 0 Å². The predicted octanol–water partition coefficient (Wildman–Crippen LogP) is 2.56. The Hall–Kier alpha value is -1.33. The van der Waals surface area contributed by atoms with Crippen molar-refractivity contribution in [1.82, 2.24) is 4.98 Å². The smallest absolute Gasteiger partial charge is 0.267 e. The number of nitrogens with one attached hydrogen (secondary N) is 1. The molecule has 0 radical (unpaired) electrons. The molecule has 1 aliphatic rings. The molecular formula is C14H13N3OS3. The minimum Gasteiger partial charge on any atom is -0.320 e. The average Bonchev–Trinajstić information content (AvgIpc) is 3.11. The summed E-state index contributed by atoms with van der Waals surface area (Å²) < 4.78 is 0. The Morgan fingerprint density at radius 1 is 1.48 bits per heavy atom. The first kappa shape index (κ1) is 14.6. The van der Waals surface area contributed by atoms with Gasteiger partial charge >= 0.3 is 0 Å². The fraction of sp³-hybridized carbons (Fsp3) is 0.286. The molecular weight excluding hydrogens is 322 g/mol. The Morgan fingerprint density at radius 2 is 2.38 bits per heavy atom. The fourth-order valence-electron chi connectivity index (χ4n) is 1.95. The van der Waals surface area contributed by atoms with Crippen molar-refractivity contribution < 1.29 is 4.79 Å². The maximum absolute atomic E-state index is 12.3. The molecule has 2 aromatic heterocycles. The van der Waals surface area contributed by atoms with E-state index in [1.165, 1.54) is 21.8 Å². The topological polar surface area (TPSA) is 68.0 Å². The number of amides is 1. The molecule has 0 bridgehead atoms. The minimum absolute atomic E-state index is 0.0907. The summed E-state index contributed by atoms with van der Waals surface area (Å²) in [6, 6.07) is 2.00. The van der Waals surface area contributed by atoms with Crippen molar-refractivity contribution in [3.63, 3.8) is 0 Å². The molecule has 0 unspecified atom stereocenters. The normalized spacial score (nSPS) is 13.2. The molecule has 1 amide bonds. The number of nitrogens with two attached hydrogens (primary N) is 1. The van der Waals surface area contributed by atoms with Gasteiger partial charge in [0.1, 0.15) is 0 Å². The maximum Gasteiger partial charge on any atom is 0.267 e. The van der Waals surface area contributed by atoms with Crippen LogP contribution in [0.3, 0.4) is 0 Å². The summed E-state index contributed by atoms with van der Waals surface area (Å²) in [7, 11) is 0. The summed E-state index contributed by atoms with van der Waals surface area (Å²) >= 11 is 4.87. The molecule has 0 aliphatic carbocycles. The Labute approximate surface area is 135 Å². The third-order valence-electron chi connectivity index (χ3n) is 2.89. The number of carbonyl (C=O) groups excluding carboxylic acids is 1.